The number of fused-ring (bicyclic) bond motifs is 5. The highest BCUT2D eigenvalue weighted by atomic mass is 16.5. The molecule has 2 atom stereocenters. The number of nitrogens with zero attached hydrogens (tertiary/aromatic N) is 3. The van der Waals surface area contributed by atoms with Gasteiger partial charge < -0.3 is 25.0 Å². The zero-order valence-corrected chi connectivity index (χ0v) is 24.2. The zero-order chi connectivity index (χ0) is 28.5. The van der Waals surface area contributed by atoms with E-state index in [1.165, 1.54) is 0 Å². The van der Waals surface area contributed by atoms with Crippen LogP contribution >= 0.6 is 0 Å². The lowest BCUT2D eigenvalue weighted by Gasteiger charge is -2.46. The fourth-order valence-electron chi connectivity index (χ4n) is 4.14. The molecule has 2 aromatic rings. The summed E-state index contributed by atoms with van der Waals surface area (Å²) in [5.41, 5.74) is 3.84. The summed E-state index contributed by atoms with van der Waals surface area (Å²) in [5, 5.41) is 34.6. The SMILES string of the molecule is C=C(O)C1=CN2C(=CC1=C)c1c3cccc(OCC(O)CO)c3nn1CC2C(C)(C)C.CC.CC.CC. The molecule has 0 spiro atoms. The highest BCUT2D eigenvalue weighted by Gasteiger charge is 2.40. The van der Waals surface area contributed by atoms with Crippen molar-refractivity contribution in [3.63, 3.8) is 0 Å². The largest absolute Gasteiger partial charge is 0.508 e. The fraction of sp³-hybridized carbons (Fsp3) is 0.500. The minimum absolute atomic E-state index is 0.00461. The monoisotopic (exact) mass is 513 g/mol. The summed E-state index contributed by atoms with van der Waals surface area (Å²) in [6.07, 6.45) is 2.94. The molecule has 0 radical (unpaired) electrons. The summed E-state index contributed by atoms with van der Waals surface area (Å²) in [4.78, 5) is 2.19. The molecule has 0 amide bonds. The molecule has 1 aromatic carbocycles. The highest BCUT2D eigenvalue weighted by Crippen LogP contribution is 2.44. The van der Waals surface area contributed by atoms with E-state index < -0.39 is 6.10 Å². The Kier molecular flexibility index (Phi) is 12.2. The first-order valence-corrected chi connectivity index (χ1v) is 13.3. The normalized spacial score (nSPS) is 16.8. The summed E-state index contributed by atoms with van der Waals surface area (Å²) >= 11 is 0. The molecule has 3 N–H and O–H groups in total. The van der Waals surface area contributed by atoms with E-state index in [2.05, 4.69) is 38.8 Å². The van der Waals surface area contributed by atoms with Crippen molar-refractivity contribution < 1.29 is 20.1 Å². The minimum atomic E-state index is -0.951. The Bertz CT molecular complexity index is 1120. The predicted molar refractivity (Wildman–Crippen MR) is 154 cm³/mol. The summed E-state index contributed by atoms with van der Waals surface area (Å²) in [7, 11) is 0. The van der Waals surface area contributed by atoms with Crippen LogP contribution < -0.4 is 4.74 Å². The Morgan fingerprint density at radius 1 is 1.16 bits per heavy atom. The maximum atomic E-state index is 10.1. The lowest BCUT2D eigenvalue weighted by Crippen LogP contribution is -2.47. The molecule has 2 unspecified atom stereocenters. The van der Waals surface area contributed by atoms with Crippen LogP contribution in [0.2, 0.25) is 0 Å². The van der Waals surface area contributed by atoms with E-state index in [1.807, 2.05) is 76.7 Å². The van der Waals surface area contributed by atoms with Crippen LogP contribution in [0.3, 0.4) is 0 Å². The third kappa shape index (κ3) is 6.84. The molecule has 7 heteroatoms. The second kappa shape index (κ2) is 14.1. The molecule has 37 heavy (non-hydrogen) atoms. The standard InChI is InChI=1S/C24H29N3O4.3C2H6/c1-14-9-19-23-17-7-6-8-20(31-13-16(30)12-28)22(17)25-27(23)11-21(24(3,4)5)26(19)10-18(14)15(2)29;3*1-2/h6-10,16,21,28-30H,1-2,11-13H2,3-5H3;3*1-2H3. The molecular weight excluding hydrogens is 466 g/mol. The van der Waals surface area contributed by atoms with Crippen LogP contribution in [0.5, 0.6) is 5.75 Å². The number of aromatic nitrogens is 2. The first-order chi connectivity index (χ1) is 17.6. The van der Waals surface area contributed by atoms with E-state index in [0.29, 0.717) is 29.0 Å². The molecule has 1 aromatic heterocycles. The minimum Gasteiger partial charge on any atom is -0.508 e. The van der Waals surface area contributed by atoms with Crippen molar-refractivity contribution in [1.29, 1.82) is 0 Å². The van der Waals surface area contributed by atoms with Gasteiger partial charge in [0.25, 0.3) is 0 Å². The van der Waals surface area contributed by atoms with Crippen LogP contribution in [0.4, 0.5) is 0 Å². The van der Waals surface area contributed by atoms with Crippen LogP contribution in [0.1, 0.15) is 68.0 Å². The number of hydrogen-bond donors (Lipinski definition) is 3. The van der Waals surface area contributed by atoms with Crippen LogP contribution in [0.25, 0.3) is 16.6 Å². The van der Waals surface area contributed by atoms with Gasteiger partial charge in [0.1, 0.15) is 29.7 Å². The third-order valence-corrected chi connectivity index (χ3v) is 5.81. The molecule has 0 fully saturated rings. The van der Waals surface area contributed by atoms with Crippen molar-refractivity contribution in [3.05, 3.63) is 66.2 Å². The molecule has 3 heterocycles. The van der Waals surface area contributed by atoms with Crippen LogP contribution in [0.15, 0.2) is 60.5 Å². The summed E-state index contributed by atoms with van der Waals surface area (Å²) in [6.45, 7) is 26.6. The number of ether oxygens (including phenoxy) is 1. The molecule has 0 aliphatic carbocycles. The maximum absolute atomic E-state index is 10.1. The number of allylic oxidation sites excluding steroid dienone is 2. The van der Waals surface area contributed by atoms with Crippen molar-refractivity contribution in [3.8, 4) is 5.75 Å². The third-order valence-electron chi connectivity index (χ3n) is 5.81. The van der Waals surface area contributed by atoms with Crippen LogP contribution in [0, 0.1) is 5.41 Å². The molecule has 2 aliphatic rings. The van der Waals surface area contributed by atoms with E-state index in [0.717, 1.165) is 16.8 Å². The quantitative estimate of drug-likeness (QED) is 0.398. The number of rotatable bonds is 5. The fourth-order valence-corrected chi connectivity index (χ4v) is 4.14. The summed E-state index contributed by atoms with van der Waals surface area (Å²) in [5.74, 6) is 0.552. The average Bonchev–Trinajstić information content (AvgIpc) is 3.28. The zero-order valence-electron chi connectivity index (χ0n) is 24.2. The van der Waals surface area contributed by atoms with Gasteiger partial charge in [-0.3, -0.25) is 4.68 Å². The van der Waals surface area contributed by atoms with Crippen molar-refractivity contribution >= 4 is 16.6 Å². The van der Waals surface area contributed by atoms with E-state index >= 15 is 0 Å². The van der Waals surface area contributed by atoms with Crippen LogP contribution in [-0.4, -0.2) is 55.4 Å². The first kappa shape index (κ1) is 32.0. The molecule has 0 bridgehead atoms. The Morgan fingerprint density at radius 2 is 1.78 bits per heavy atom. The van der Waals surface area contributed by atoms with Crippen molar-refractivity contribution in [2.75, 3.05) is 13.2 Å². The second-order valence-corrected chi connectivity index (χ2v) is 9.16. The van der Waals surface area contributed by atoms with Crippen LogP contribution in [-0.2, 0) is 6.54 Å². The second-order valence-electron chi connectivity index (χ2n) is 9.16. The van der Waals surface area contributed by atoms with Gasteiger partial charge in [-0.25, -0.2) is 0 Å². The van der Waals surface area contributed by atoms with Gasteiger partial charge in [-0.2, -0.15) is 5.10 Å². The average molecular weight is 514 g/mol. The van der Waals surface area contributed by atoms with Gasteiger partial charge in [0, 0.05) is 17.2 Å². The first-order valence-electron chi connectivity index (χ1n) is 13.3. The molecule has 0 saturated heterocycles. The van der Waals surface area contributed by atoms with Gasteiger partial charge in [-0.15, -0.1) is 0 Å². The van der Waals surface area contributed by atoms with Gasteiger partial charge in [0.2, 0.25) is 0 Å². The van der Waals surface area contributed by atoms with Gasteiger partial charge >= 0.3 is 0 Å². The van der Waals surface area contributed by atoms with Gasteiger partial charge in [-0.05, 0) is 23.1 Å². The Hall–Kier alpha value is -3.03. The van der Waals surface area contributed by atoms with E-state index in [-0.39, 0.29) is 30.4 Å². The smallest absolute Gasteiger partial charge is 0.147 e. The Balaban J connectivity index is 0.00000106. The van der Waals surface area contributed by atoms with E-state index in [9.17, 15) is 10.2 Å². The molecule has 4 rings (SSSR count). The van der Waals surface area contributed by atoms with Crippen molar-refractivity contribution in [1.82, 2.24) is 14.7 Å². The molecule has 7 nitrogen and oxygen atoms in total. The highest BCUT2D eigenvalue weighted by molar-refractivity contribution is 5.95. The molecule has 2 aliphatic heterocycles. The Morgan fingerprint density at radius 3 is 2.32 bits per heavy atom. The number of aliphatic hydroxyl groups excluding tert-OH is 3. The van der Waals surface area contributed by atoms with Crippen molar-refractivity contribution in [2.45, 2.75) is 81.0 Å². The summed E-state index contributed by atoms with van der Waals surface area (Å²) in [6, 6.07) is 5.78. The topological polar surface area (TPSA) is 91.0 Å². The van der Waals surface area contributed by atoms with Gasteiger partial charge in [0.15, 0.2) is 0 Å². The Labute approximate surface area is 223 Å². The molecule has 206 valence electrons. The van der Waals surface area contributed by atoms with E-state index in [1.54, 1.807) is 0 Å². The number of hydrogen-bond acceptors (Lipinski definition) is 6. The molecule has 0 saturated carbocycles. The lowest BCUT2D eigenvalue weighted by atomic mass is 9.82. The maximum Gasteiger partial charge on any atom is 0.147 e. The summed E-state index contributed by atoms with van der Waals surface area (Å²) < 4.78 is 7.75. The number of benzene rings is 1. The van der Waals surface area contributed by atoms with Gasteiger partial charge in [0.05, 0.1) is 30.6 Å². The predicted octanol–water partition coefficient (Wildman–Crippen LogP) is 6.44. The molecular formula is C30H47N3O4. The number of aliphatic hydroxyl groups is 3. The van der Waals surface area contributed by atoms with Crippen molar-refractivity contribution in [2.24, 2.45) is 5.41 Å². The van der Waals surface area contributed by atoms with E-state index in [4.69, 9.17) is 14.9 Å². The van der Waals surface area contributed by atoms with Gasteiger partial charge in [-0.1, -0.05) is 87.6 Å². The lowest BCUT2D eigenvalue weighted by molar-refractivity contribution is 0.0540.